The smallest absolute Gasteiger partial charge is 0.315 e. The largest absolute Gasteiger partial charge is 0.388 e. The van der Waals surface area contributed by atoms with Crippen LogP contribution in [0.3, 0.4) is 0 Å². The van der Waals surface area contributed by atoms with Gasteiger partial charge in [0.05, 0.1) is 12.1 Å². The van der Waals surface area contributed by atoms with Crippen molar-refractivity contribution < 1.29 is 14.4 Å². The molecule has 1 heterocycles. The van der Waals surface area contributed by atoms with Crippen LogP contribution >= 0.6 is 0 Å². The molecule has 0 spiro atoms. The van der Waals surface area contributed by atoms with Gasteiger partial charge in [0, 0.05) is 12.0 Å². The van der Waals surface area contributed by atoms with E-state index in [0.29, 0.717) is 11.7 Å². The Bertz CT molecular complexity index is 475. The predicted molar refractivity (Wildman–Crippen MR) is 78.7 cm³/mol. The van der Waals surface area contributed by atoms with Gasteiger partial charge in [0.2, 0.25) is 5.89 Å². The third kappa shape index (κ3) is 5.34. The highest BCUT2D eigenvalue weighted by Gasteiger charge is 2.25. The van der Waals surface area contributed by atoms with Gasteiger partial charge in [-0.15, -0.1) is 0 Å². The lowest BCUT2D eigenvalue weighted by molar-refractivity contribution is 0.0166. The first kappa shape index (κ1) is 17.4. The highest BCUT2D eigenvalue weighted by molar-refractivity contribution is 5.73. The summed E-state index contributed by atoms with van der Waals surface area (Å²) in [4.78, 5) is 15.9. The number of aliphatic hydroxyl groups is 1. The summed E-state index contributed by atoms with van der Waals surface area (Å²) in [6, 6.07) is -0.377. The van der Waals surface area contributed by atoms with Gasteiger partial charge in [0.25, 0.3) is 0 Å². The van der Waals surface area contributed by atoms with Crippen LogP contribution < -0.4 is 10.6 Å². The van der Waals surface area contributed by atoms with E-state index in [2.05, 4.69) is 20.8 Å². The van der Waals surface area contributed by atoms with E-state index in [1.165, 1.54) is 0 Å². The van der Waals surface area contributed by atoms with Gasteiger partial charge in [-0.3, -0.25) is 0 Å². The SMILES string of the molecule is CC(C)C(C)(O)CNC(=O)NCc1noc(C(C)(C)C)n1. The van der Waals surface area contributed by atoms with Crippen molar-refractivity contribution in [3.63, 3.8) is 0 Å². The van der Waals surface area contributed by atoms with Crippen molar-refractivity contribution in [3.05, 3.63) is 11.7 Å². The standard InChI is InChI=1S/C14H26N4O3/c1-9(2)14(6,20)8-16-12(19)15-7-10-17-11(21-18-10)13(3,4)5/h9,20H,7-8H2,1-6H3,(H2,15,16,19). The number of amides is 2. The Kier molecular flexibility index (Phi) is 5.33. The maximum Gasteiger partial charge on any atom is 0.315 e. The number of hydrogen-bond acceptors (Lipinski definition) is 5. The van der Waals surface area contributed by atoms with Crippen LogP contribution in [0.1, 0.15) is 53.3 Å². The van der Waals surface area contributed by atoms with Gasteiger partial charge in [-0.25, -0.2) is 4.79 Å². The molecule has 0 bridgehead atoms. The summed E-state index contributed by atoms with van der Waals surface area (Å²) in [6.45, 7) is 11.7. The van der Waals surface area contributed by atoms with Crippen molar-refractivity contribution in [1.29, 1.82) is 0 Å². The number of rotatable bonds is 5. The van der Waals surface area contributed by atoms with Crippen molar-refractivity contribution >= 4 is 6.03 Å². The van der Waals surface area contributed by atoms with Crippen molar-refractivity contribution in [3.8, 4) is 0 Å². The summed E-state index contributed by atoms with van der Waals surface area (Å²) < 4.78 is 5.13. The molecule has 0 aliphatic carbocycles. The topological polar surface area (TPSA) is 100 Å². The van der Waals surface area contributed by atoms with E-state index in [0.717, 1.165) is 0 Å². The first-order valence-corrected chi connectivity index (χ1v) is 7.09. The summed E-state index contributed by atoms with van der Waals surface area (Å²) in [7, 11) is 0. The van der Waals surface area contributed by atoms with Crippen LogP contribution in [0.25, 0.3) is 0 Å². The average Bonchev–Trinajstić information content (AvgIpc) is 2.82. The number of aromatic nitrogens is 2. The van der Waals surface area contributed by atoms with Crippen LogP contribution in [0.5, 0.6) is 0 Å². The monoisotopic (exact) mass is 298 g/mol. The Morgan fingerprint density at radius 3 is 2.38 bits per heavy atom. The van der Waals surface area contributed by atoms with Gasteiger partial charge in [-0.1, -0.05) is 39.8 Å². The van der Waals surface area contributed by atoms with Crippen molar-refractivity contribution in [1.82, 2.24) is 20.8 Å². The fraction of sp³-hybridized carbons (Fsp3) is 0.786. The molecule has 0 aliphatic rings. The molecule has 7 nitrogen and oxygen atoms in total. The van der Waals surface area contributed by atoms with Gasteiger partial charge in [0.15, 0.2) is 5.82 Å². The van der Waals surface area contributed by atoms with Crippen LogP contribution in [0.15, 0.2) is 4.52 Å². The second-order valence-corrected chi connectivity index (χ2v) is 6.81. The fourth-order valence-corrected chi connectivity index (χ4v) is 1.32. The number of urea groups is 1. The Hall–Kier alpha value is -1.63. The Balaban J connectivity index is 2.42. The fourth-order valence-electron chi connectivity index (χ4n) is 1.32. The van der Waals surface area contributed by atoms with E-state index in [1.54, 1.807) is 6.92 Å². The highest BCUT2D eigenvalue weighted by Crippen LogP contribution is 2.19. The number of hydrogen-bond donors (Lipinski definition) is 3. The first-order chi connectivity index (χ1) is 9.52. The molecular formula is C14H26N4O3. The quantitative estimate of drug-likeness (QED) is 0.766. The molecule has 0 radical (unpaired) electrons. The molecule has 3 N–H and O–H groups in total. The lowest BCUT2D eigenvalue weighted by Crippen LogP contribution is -2.47. The van der Waals surface area contributed by atoms with E-state index in [1.807, 2.05) is 34.6 Å². The van der Waals surface area contributed by atoms with Gasteiger partial charge >= 0.3 is 6.03 Å². The molecule has 2 amide bonds. The van der Waals surface area contributed by atoms with Crippen LogP contribution in [0.2, 0.25) is 0 Å². The molecule has 1 unspecified atom stereocenters. The second kappa shape index (κ2) is 6.43. The lowest BCUT2D eigenvalue weighted by Gasteiger charge is -2.27. The van der Waals surface area contributed by atoms with E-state index in [9.17, 15) is 9.90 Å². The third-order valence-electron chi connectivity index (χ3n) is 3.37. The van der Waals surface area contributed by atoms with Crippen molar-refractivity contribution in [2.24, 2.45) is 5.92 Å². The molecular weight excluding hydrogens is 272 g/mol. The Labute approximate surface area is 125 Å². The first-order valence-electron chi connectivity index (χ1n) is 7.09. The summed E-state index contributed by atoms with van der Waals surface area (Å²) >= 11 is 0. The van der Waals surface area contributed by atoms with Crippen molar-refractivity contribution in [2.45, 2.75) is 59.1 Å². The summed E-state index contributed by atoms with van der Waals surface area (Å²) in [5, 5.41) is 19.1. The molecule has 0 saturated carbocycles. The molecule has 1 aromatic heterocycles. The predicted octanol–water partition coefficient (Wildman–Crippen LogP) is 1.57. The van der Waals surface area contributed by atoms with Crippen LogP contribution in [-0.4, -0.2) is 33.4 Å². The second-order valence-electron chi connectivity index (χ2n) is 6.81. The number of nitrogens with one attached hydrogen (secondary N) is 2. The van der Waals surface area contributed by atoms with E-state index < -0.39 is 5.60 Å². The molecule has 1 rings (SSSR count). The van der Waals surface area contributed by atoms with Gasteiger partial charge in [0.1, 0.15) is 0 Å². The molecule has 1 atom stereocenters. The summed E-state index contributed by atoms with van der Waals surface area (Å²) in [5.41, 5.74) is -1.16. The molecule has 0 aliphatic heterocycles. The zero-order valence-electron chi connectivity index (χ0n) is 13.6. The number of carbonyl (C=O) groups is 1. The maximum absolute atomic E-state index is 11.7. The van der Waals surface area contributed by atoms with Gasteiger partial charge in [-0.2, -0.15) is 4.98 Å². The van der Waals surface area contributed by atoms with E-state index >= 15 is 0 Å². The zero-order valence-corrected chi connectivity index (χ0v) is 13.6. The molecule has 120 valence electrons. The van der Waals surface area contributed by atoms with Crippen LogP contribution in [0, 0.1) is 5.92 Å². The van der Waals surface area contributed by atoms with Gasteiger partial charge < -0.3 is 20.3 Å². The maximum atomic E-state index is 11.7. The summed E-state index contributed by atoms with van der Waals surface area (Å²) in [6.07, 6.45) is 0. The Morgan fingerprint density at radius 2 is 1.90 bits per heavy atom. The minimum atomic E-state index is -0.942. The van der Waals surface area contributed by atoms with Crippen LogP contribution in [0.4, 0.5) is 4.79 Å². The molecule has 7 heteroatoms. The Morgan fingerprint density at radius 1 is 1.29 bits per heavy atom. The molecule has 0 aromatic carbocycles. The van der Waals surface area contributed by atoms with Crippen molar-refractivity contribution in [2.75, 3.05) is 6.54 Å². The average molecular weight is 298 g/mol. The normalized spacial score (nSPS) is 14.9. The summed E-state index contributed by atoms with van der Waals surface area (Å²) in [5.74, 6) is 0.998. The van der Waals surface area contributed by atoms with E-state index in [4.69, 9.17) is 4.52 Å². The highest BCUT2D eigenvalue weighted by atomic mass is 16.5. The molecule has 21 heavy (non-hydrogen) atoms. The van der Waals surface area contributed by atoms with E-state index in [-0.39, 0.29) is 30.5 Å². The molecule has 0 fully saturated rings. The number of carbonyl (C=O) groups excluding carboxylic acids is 1. The zero-order chi connectivity index (χ0) is 16.3. The lowest BCUT2D eigenvalue weighted by atomic mass is 9.93. The minimum absolute atomic E-state index is 0.0457. The third-order valence-corrected chi connectivity index (χ3v) is 3.37. The molecule has 0 saturated heterocycles. The van der Waals surface area contributed by atoms with Crippen LogP contribution in [-0.2, 0) is 12.0 Å². The van der Waals surface area contributed by atoms with Gasteiger partial charge in [-0.05, 0) is 12.8 Å². The minimum Gasteiger partial charge on any atom is -0.388 e. The number of nitrogens with zero attached hydrogens (tertiary/aromatic N) is 2. The molecule has 1 aromatic rings.